The van der Waals surface area contributed by atoms with E-state index in [-0.39, 0.29) is 0 Å². The minimum absolute atomic E-state index is 0.847. The van der Waals surface area contributed by atoms with Gasteiger partial charge in [-0.2, -0.15) is 30.3 Å². The van der Waals surface area contributed by atoms with Crippen LogP contribution in [0.2, 0.25) is 0 Å². The summed E-state index contributed by atoms with van der Waals surface area (Å²) in [5.41, 5.74) is 4.57. The third-order valence-corrected chi connectivity index (χ3v) is 2.90. The molecule has 1 heterocycles. The number of pyridine rings is 1. The van der Waals surface area contributed by atoms with Crippen molar-refractivity contribution in [3.63, 3.8) is 0 Å². The summed E-state index contributed by atoms with van der Waals surface area (Å²) >= 11 is 0.847. The Kier molecular flexibility index (Phi) is 5.92. The zero-order valence-electron chi connectivity index (χ0n) is 11.0. The molecule has 0 fully saturated rings. The summed E-state index contributed by atoms with van der Waals surface area (Å²) in [7, 11) is 4.76. The molecule has 0 saturated carbocycles. The normalized spacial score (nSPS) is 9.55. The molecule has 3 aromatic rings. The zero-order valence-corrected chi connectivity index (χ0v) is 14.7. The first-order chi connectivity index (χ1) is 9.93. The monoisotopic (exact) mass is 329 g/mol. The Balaban J connectivity index is 0.000000704. The van der Waals surface area contributed by atoms with Crippen molar-refractivity contribution in [1.82, 2.24) is 4.98 Å². The first-order valence-electron chi connectivity index (χ1n) is 6.18. The van der Waals surface area contributed by atoms with Gasteiger partial charge in [-0.1, -0.05) is 30.3 Å². The molecule has 0 aliphatic carbocycles. The molecule has 0 aliphatic rings. The molecule has 3 heteroatoms. The van der Waals surface area contributed by atoms with Crippen LogP contribution in [0.25, 0.3) is 22.4 Å². The molecule has 2 aromatic carbocycles. The quantitative estimate of drug-likeness (QED) is 0.481. The maximum Gasteiger partial charge on any atom is 0.0701 e. The van der Waals surface area contributed by atoms with Gasteiger partial charge in [-0.25, -0.2) is 0 Å². The molecule has 0 amide bonds. The third kappa shape index (κ3) is 3.75. The first kappa shape index (κ1) is 14.9. The van der Waals surface area contributed by atoms with Crippen molar-refractivity contribution < 1.29 is 17.3 Å². The number of hydrogen-bond donors (Lipinski definition) is 0. The van der Waals surface area contributed by atoms with E-state index in [2.05, 4.69) is 47.4 Å². The van der Waals surface area contributed by atoms with Gasteiger partial charge in [-0.3, -0.25) is 4.98 Å². The molecule has 3 rings (SSSR count). The average molecular weight is 331 g/mol. The van der Waals surface area contributed by atoms with E-state index in [1.54, 1.807) is 0 Å². The zero-order chi connectivity index (χ0) is 14.2. The van der Waals surface area contributed by atoms with Gasteiger partial charge >= 0.3 is 27.0 Å². The predicted octanol–water partition coefficient (Wildman–Crippen LogP) is 4.90. The van der Waals surface area contributed by atoms with Gasteiger partial charge in [0.15, 0.2) is 0 Å². The SMILES string of the molecule is [Cl][Zn+].[c-]1ccc(-c2ccc(-c3ccccn3)cc2)cc1. The molecule has 0 radical (unpaired) electrons. The molecule has 0 N–H and O–H groups in total. The molecule has 0 saturated heterocycles. The van der Waals surface area contributed by atoms with E-state index in [0.29, 0.717) is 0 Å². The van der Waals surface area contributed by atoms with Crippen molar-refractivity contribution in [2.24, 2.45) is 0 Å². The molecule has 0 atom stereocenters. The summed E-state index contributed by atoms with van der Waals surface area (Å²) < 4.78 is 0. The van der Waals surface area contributed by atoms with Crippen molar-refractivity contribution in [2.75, 3.05) is 0 Å². The van der Waals surface area contributed by atoms with Crippen molar-refractivity contribution in [1.29, 1.82) is 0 Å². The van der Waals surface area contributed by atoms with E-state index in [1.165, 1.54) is 11.1 Å². The molecule has 20 heavy (non-hydrogen) atoms. The Hall–Kier alpha value is -1.50. The minimum atomic E-state index is 0.847. The fraction of sp³-hybridized carbons (Fsp3) is 0. The van der Waals surface area contributed by atoms with Crippen molar-refractivity contribution in [3.05, 3.63) is 79.0 Å². The maximum absolute atomic E-state index is 4.76. The van der Waals surface area contributed by atoms with Gasteiger partial charge in [0.25, 0.3) is 0 Å². The van der Waals surface area contributed by atoms with E-state index in [1.807, 2.05) is 36.5 Å². The molecule has 94 valence electrons. The fourth-order valence-corrected chi connectivity index (χ4v) is 1.95. The van der Waals surface area contributed by atoms with Crippen LogP contribution in [-0.2, 0) is 17.3 Å². The first-order valence-corrected chi connectivity index (χ1v) is 10.1. The summed E-state index contributed by atoms with van der Waals surface area (Å²) in [4.78, 5) is 4.35. The number of nitrogens with zero attached hydrogens (tertiary/aromatic N) is 1. The van der Waals surface area contributed by atoms with E-state index in [9.17, 15) is 0 Å². The molecule has 1 aromatic heterocycles. The third-order valence-electron chi connectivity index (χ3n) is 2.90. The van der Waals surface area contributed by atoms with Crippen molar-refractivity contribution in [2.45, 2.75) is 0 Å². The van der Waals surface area contributed by atoms with E-state index in [4.69, 9.17) is 9.69 Å². The Bertz CT molecular complexity index is 566. The topological polar surface area (TPSA) is 12.9 Å². The summed E-state index contributed by atoms with van der Waals surface area (Å²) in [6.07, 6.45) is 1.82. The van der Waals surface area contributed by atoms with Crippen LogP contribution in [0, 0.1) is 6.07 Å². The van der Waals surface area contributed by atoms with E-state index >= 15 is 0 Å². The number of rotatable bonds is 2. The smallest absolute Gasteiger partial charge is 0.0701 e. The minimum Gasteiger partial charge on any atom is -0.256 e. The van der Waals surface area contributed by atoms with E-state index in [0.717, 1.165) is 28.6 Å². The van der Waals surface area contributed by atoms with Crippen molar-refractivity contribution >= 4 is 9.69 Å². The summed E-state index contributed by atoms with van der Waals surface area (Å²) in [6, 6.07) is 25.4. The van der Waals surface area contributed by atoms with Crippen LogP contribution in [0.3, 0.4) is 0 Å². The number of hydrogen-bond acceptors (Lipinski definition) is 1. The van der Waals surface area contributed by atoms with E-state index < -0.39 is 0 Å². The van der Waals surface area contributed by atoms with Crippen LogP contribution in [0.15, 0.2) is 72.9 Å². The largest absolute Gasteiger partial charge is 0.256 e. The van der Waals surface area contributed by atoms with Crippen LogP contribution in [0.1, 0.15) is 0 Å². The molecule has 0 spiro atoms. The summed E-state index contributed by atoms with van der Waals surface area (Å²) in [5.74, 6) is 0. The molecule has 1 nitrogen and oxygen atoms in total. The molecule has 0 aliphatic heterocycles. The van der Waals surface area contributed by atoms with Gasteiger partial charge in [0.05, 0.1) is 5.69 Å². The average Bonchev–Trinajstić information content (AvgIpc) is 2.58. The number of benzene rings is 2. The second-order valence-corrected chi connectivity index (χ2v) is 4.08. The van der Waals surface area contributed by atoms with Crippen molar-refractivity contribution in [3.8, 4) is 22.4 Å². The van der Waals surface area contributed by atoms with Gasteiger partial charge < -0.3 is 0 Å². The van der Waals surface area contributed by atoms with Gasteiger partial charge in [0, 0.05) is 11.8 Å². The molecule has 0 unspecified atom stereocenters. The number of halogens is 1. The molecule has 0 bridgehead atoms. The standard InChI is InChI=1S/C17H12N.ClH.Zn/c1-2-6-14(7-3-1)15-9-11-16(12-10-15)17-8-4-5-13-18-17;;/h2-13H;1H;/q-1;;+2/p-1. The second-order valence-electron chi connectivity index (χ2n) is 4.08. The van der Waals surface area contributed by atoms with Gasteiger partial charge in [0.1, 0.15) is 0 Å². The second kappa shape index (κ2) is 7.94. The molecular weight excluding hydrogens is 319 g/mol. The maximum atomic E-state index is 4.76. The Morgan fingerprint density at radius 2 is 1.35 bits per heavy atom. The Morgan fingerprint density at radius 1 is 0.750 bits per heavy atom. The van der Waals surface area contributed by atoms with Crippen LogP contribution in [0.5, 0.6) is 0 Å². The predicted molar refractivity (Wildman–Crippen MR) is 79.8 cm³/mol. The molecular formula is C17H12ClNZn. The number of aromatic nitrogens is 1. The van der Waals surface area contributed by atoms with Gasteiger partial charge in [-0.15, -0.1) is 5.56 Å². The van der Waals surface area contributed by atoms with Gasteiger partial charge in [0.2, 0.25) is 0 Å². The van der Waals surface area contributed by atoms with Crippen LogP contribution in [0.4, 0.5) is 0 Å². The summed E-state index contributed by atoms with van der Waals surface area (Å²) in [5, 5.41) is 0. The van der Waals surface area contributed by atoms with Crippen LogP contribution < -0.4 is 0 Å². The Morgan fingerprint density at radius 3 is 1.95 bits per heavy atom. The fourth-order valence-electron chi connectivity index (χ4n) is 1.95. The summed E-state index contributed by atoms with van der Waals surface area (Å²) in [6.45, 7) is 0. The van der Waals surface area contributed by atoms with Crippen LogP contribution >= 0.6 is 9.69 Å². The van der Waals surface area contributed by atoms with Gasteiger partial charge in [-0.05, 0) is 17.7 Å². The van der Waals surface area contributed by atoms with Crippen LogP contribution in [-0.4, -0.2) is 4.98 Å². The Labute approximate surface area is 133 Å².